The minimum atomic E-state index is -0.172. The molecule has 2 heterocycles. The molecule has 6 heteroatoms. The lowest BCUT2D eigenvalue weighted by Gasteiger charge is -2.21. The third-order valence-electron chi connectivity index (χ3n) is 4.30. The van der Waals surface area contributed by atoms with E-state index >= 15 is 0 Å². The Morgan fingerprint density at radius 3 is 2.62 bits per heavy atom. The summed E-state index contributed by atoms with van der Waals surface area (Å²) in [6.45, 7) is 8.92. The molecular formula is C18H27N5O. The van der Waals surface area contributed by atoms with E-state index in [1.807, 2.05) is 29.1 Å². The van der Waals surface area contributed by atoms with Gasteiger partial charge < -0.3 is 4.90 Å². The highest BCUT2D eigenvalue weighted by atomic mass is 16.2. The monoisotopic (exact) mass is 329 g/mol. The molecule has 2 amide bonds. The van der Waals surface area contributed by atoms with Crippen LogP contribution in [0.15, 0.2) is 30.6 Å². The molecule has 2 rings (SSSR count). The summed E-state index contributed by atoms with van der Waals surface area (Å²) in [5.74, 6) is 1.14. The van der Waals surface area contributed by atoms with E-state index in [0.29, 0.717) is 18.3 Å². The van der Waals surface area contributed by atoms with Crippen molar-refractivity contribution in [3.05, 3.63) is 41.9 Å². The number of amides is 2. The number of nitrogens with one attached hydrogen (secondary N) is 1. The number of aromatic nitrogens is 3. The van der Waals surface area contributed by atoms with E-state index in [2.05, 4.69) is 43.1 Å². The second-order valence-corrected chi connectivity index (χ2v) is 6.44. The number of carbonyl (C=O) groups is 1. The molecule has 0 aliphatic heterocycles. The Labute approximate surface area is 143 Å². The lowest BCUT2D eigenvalue weighted by Crippen LogP contribution is -2.32. The molecule has 0 radical (unpaired) electrons. The largest absolute Gasteiger partial charge is 0.323 e. The first-order valence-corrected chi connectivity index (χ1v) is 8.41. The number of pyridine rings is 1. The van der Waals surface area contributed by atoms with Gasteiger partial charge in [0.25, 0.3) is 0 Å². The molecule has 2 aromatic rings. The molecule has 0 aromatic carbocycles. The van der Waals surface area contributed by atoms with Gasteiger partial charge in [-0.15, -0.1) is 0 Å². The molecule has 0 unspecified atom stereocenters. The minimum absolute atomic E-state index is 0.172. The van der Waals surface area contributed by atoms with Crippen molar-refractivity contribution < 1.29 is 4.79 Å². The summed E-state index contributed by atoms with van der Waals surface area (Å²) >= 11 is 0. The van der Waals surface area contributed by atoms with E-state index in [1.165, 1.54) is 5.56 Å². The van der Waals surface area contributed by atoms with Crippen molar-refractivity contribution in [3.63, 3.8) is 0 Å². The highest BCUT2D eigenvalue weighted by molar-refractivity contribution is 5.88. The minimum Gasteiger partial charge on any atom is -0.322 e. The topological polar surface area (TPSA) is 63.1 Å². The van der Waals surface area contributed by atoms with Gasteiger partial charge in [0.15, 0.2) is 0 Å². The summed E-state index contributed by atoms with van der Waals surface area (Å²) < 4.78 is 1.85. The van der Waals surface area contributed by atoms with Crippen LogP contribution in [0.2, 0.25) is 0 Å². The van der Waals surface area contributed by atoms with E-state index in [9.17, 15) is 4.79 Å². The molecule has 0 bridgehead atoms. The van der Waals surface area contributed by atoms with Crippen molar-refractivity contribution in [1.29, 1.82) is 0 Å². The van der Waals surface area contributed by atoms with Crippen molar-refractivity contribution in [2.75, 3.05) is 12.4 Å². The zero-order chi connectivity index (χ0) is 17.7. The average Bonchev–Trinajstić information content (AvgIpc) is 3.02. The molecule has 0 saturated carbocycles. The van der Waals surface area contributed by atoms with Crippen LogP contribution in [-0.2, 0) is 13.0 Å². The third kappa shape index (κ3) is 4.34. The van der Waals surface area contributed by atoms with Crippen LogP contribution >= 0.6 is 0 Å². The zero-order valence-corrected chi connectivity index (χ0v) is 15.2. The summed E-state index contributed by atoms with van der Waals surface area (Å²) in [5, 5.41) is 7.25. The second kappa shape index (κ2) is 7.95. The van der Waals surface area contributed by atoms with Gasteiger partial charge in [-0.25, -0.2) is 9.48 Å². The normalized spacial score (nSPS) is 12.2. The smallest absolute Gasteiger partial charge is 0.322 e. The maximum Gasteiger partial charge on any atom is 0.323 e. The van der Waals surface area contributed by atoms with Gasteiger partial charge in [0.2, 0.25) is 0 Å². The number of nitrogens with zero attached hydrogens (tertiary/aromatic N) is 4. The van der Waals surface area contributed by atoms with Gasteiger partial charge in [0.05, 0.1) is 24.5 Å². The molecule has 24 heavy (non-hydrogen) atoms. The number of hydrogen-bond donors (Lipinski definition) is 1. The molecule has 130 valence electrons. The Bertz CT molecular complexity index is 662. The van der Waals surface area contributed by atoms with Gasteiger partial charge in [0, 0.05) is 19.3 Å². The van der Waals surface area contributed by atoms with Gasteiger partial charge in [0.1, 0.15) is 5.82 Å². The van der Waals surface area contributed by atoms with Gasteiger partial charge in [-0.3, -0.25) is 10.3 Å². The maximum atomic E-state index is 12.4. The molecule has 0 spiro atoms. The van der Waals surface area contributed by atoms with Gasteiger partial charge in [-0.1, -0.05) is 26.8 Å². The molecule has 2 aromatic heterocycles. The van der Waals surface area contributed by atoms with Crippen LogP contribution in [0.1, 0.15) is 45.0 Å². The van der Waals surface area contributed by atoms with E-state index < -0.39 is 0 Å². The SMILES string of the molecule is CCc1ccc(CN(C)C(=O)Nc2ccnn2[C@H](C)C(C)C)nc1. The molecule has 0 fully saturated rings. The zero-order valence-electron chi connectivity index (χ0n) is 15.2. The average molecular weight is 329 g/mol. The lowest BCUT2D eigenvalue weighted by molar-refractivity contribution is 0.219. The third-order valence-corrected chi connectivity index (χ3v) is 4.30. The predicted octanol–water partition coefficient (Wildman–Crippen LogP) is 3.72. The molecule has 6 nitrogen and oxygen atoms in total. The van der Waals surface area contributed by atoms with Crippen molar-refractivity contribution in [2.45, 2.75) is 46.7 Å². The summed E-state index contributed by atoms with van der Waals surface area (Å²) in [5.41, 5.74) is 2.06. The summed E-state index contributed by atoms with van der Waals surface area (Å²) in [6, 6.07) is 5.87. The van der Waals surface area contributed by atoms with Crippen LogP contribution in [0.5, 0.6) is 0 Å². The van der Waals surface area contributed by atoms with Gasteiger partial charge in [-0.05, 0) is 30.9 Å². The Morgan fingerprint density at radius 2 is 2.04 bits per heavy atom. The fraction of sp³-hybridized carbons (Fsp3) is 0.500. The molecule has 1 atom stereocenters. The first kappa shape index (κ1) is 18.0. The Morgan fingerprint density at radius 1 is 1.29 bits per heavy atom. The van der Waals surface area contributed by atoms with Crippen LogP contribution in [0.25, 0.3) is 0 Å². The first-order valence-electron chi connectivity index (χ1n) is 8.41. The van der Waals surface area contributed by atoms with Crippen molar-refractivity contribution >= 4 is 11.8 Å². The van der Waals surface area contributed by atoms with Crippen LogP contribution in [0.4, 0.5) is 10.6 Å². The molecule has 0 aliphatic rings. The van der Waals surface area contributed by atoms with Crippen LogP contribution in [-0.4, -0.2) is 32.7 Å². The quantitative estimate of drug-likeness (QED) is 0.878. The fourth-order valence-corrected chi connectivity index (χ4v) is 2.30. The van der Waals surface area contributed by atoms with E-state index in [-0.39, 0.29) is 12.1 Å². The van der Waals surface area contributed by atoms with Crippen molar-refractivity contribution in [3.8, 4) is 0 Å². The number of aryl methyl sites for hydroxylation is 1. The Balaban J connectivity index is 2.00. The predicted molar refractivity (Wildman–Crippen MR) is 95.9 cm³/mol. The Kier molecular flexibility index (Phi) is 5.95. The molecule has 0 saturated heterocycles. The van der Waals surface area contributed by atoms with Crippen LogP contribution < -0.4 is 5.32 Å². The number of urea groups is 1. The lowest BCUT2D eigenvalue weighted by atomic mass is 10.1. The number of carbonyl (C=O) groups excluding carboxylic acids is 1. The summed E-state index contributed by atoms with van der Waals surface area (Å²) in [6.07, 6.45) is 4.53. The maximum absolute atomic E-state index is 12.4. The number of rotatable bonds is 6. The summed E-state index contributed by atoms with van der Waals surface area (Å²) in [7, 11) is 1.76. The molecular weight excluding hydrogens is 302 g/mol. The number of hydrogen-bond acceptors (Lipinski definition) is 3. The molecule has 1 N–H and O–H groups in total. The fourth-order valence-electron chi connectivity index (χ4n) is 2.30. The highest BCUT2D eigenvalue weighted by Crippen LogP contribution is 2.21. The number of anilines is 1. The Hall–Kier alpha value is -2.37. The van der Waals surface area contributed by atoms with Crippen molar-refractivity contribution in [1.82, 2.24) is 19.7 Å². The van der Waals surface area contributed by atoms with Crippen molar-refractivity contribution in [2.24, 2.45) is 5.92 Å². The standard InChI is InChI=1S/C18H27N5O/c1-6-15-7-8-16(19-11-15)12-22(5)18(24)21-17-9-10-20-23(17)14(4)13(2)3/h7-11,13-14H,6,12H2,1-5H3,(H,21,24)/t14-/m1/s1. The van der Waals surface area contributed by atoms with E-state index in [1.54, 1.807) is 18.1 Å². The van der Waals surface area contributed by atoms with E-state index in [0.717, 1.165) is 12.1 Å². The van der Waals surface area contributed by atoms with Crippen LogP contribution in [0.3, 0.4) is 0 Å². The molecule has 0 aliphatic carbocycles. The van der Waals surface area contributed by atoms with Gasteiger partial charge >= 0.3 is 6.03 Å². The van der Waals surface area contributed by atoms with E-state index in [4.69, 9.17) is 0 Å². The highest BCUT2D eigenvalue weighted by Gasteiger charge is 2.17. The second-order valence-electron chi connectivity index (χ2n) is 6.44. The first-order chi connectivity index (χ1) is 11.4. The van der Waals surface area contributed by atoms with Gasteiger partial charge in [-0.2, -0.15) is 5.10 Å². The van der Waals surface area contributed by atoms with Crippen LogP contribution in [0, 0.1) is 5.92 Å². The summed E-state index contributed by atoms with van der Waals surface area (Å²) in [4.78, 5) is 18.4.